The Kier molecular flexibility index (Phi) is 3.34. The van der Waals surface area contributed by atoms with Gasteiger partial charge in [0.15, 0.2) is 5.78 Å². The van der Waals surface area contributed by atoms with Crippen LogP contribution in [0.2, 0.25) is 0 Å². The maximum atomic E-state index is 10.9. The molecule has 0 saturated heterocycles. The molecule has 0 aromatic heterocycles. The van der Waals surface area contributed by atoms with E-state index >= 15 is 0 Å². The molecule has 12 heavy (non-hydrogen) atoms. The fraction of sp³-hybridized carbons (Fsp3) is 0.500. The van der Waals surface area contributed by atoms with Crippen molar-refractivity contribution in [1.29, 1.82) is 0 Å². The first-order chi connectivity index (χ1) is 5.68. The van der Waals surface area contributed by atoms with E-state index in [4.69, 9.17) is 4.74 Å². The van der Waals surface area contributed by atoms with E-state index in [2.05, 4.69) is 0 Å². The summed E-state index contributed by atoms with van der Waals surface area (Å²) >= 11 is 1.57. The lowest BCUT2D eigenvalue weighted by molar-refractivity contribution is -0.139. The van der Waals surface area contributed by atoms with Gasteiger partial charge in [0.05, 0.1) is 0 Å². The van der Waals surface area contributed by atoms with Gasteiger partial charge in [0.1, 0.15) is 6.61 Å². The lowest BCUT2D eigenvalue weighted by Crippen LogP contribution is -2.08. The average molecular weight is 186 g/mol. The lowest BCUT2D eigenvalue weighted by Gasteiger charge is -2.10. The largest absolute Gasteiger partial charge is 0.460 e. The first kappa shape index (κ1) is 9.32. The minimum Gasteiger partial charge on any atom is -0.460 e. The molecule has 4 heteroatoms. The second-order valence-corrected chi connectivity index (χ2v) is 3.68. The van der Waals surface area contributed by atoms with E-state index < -0.39 is 0 Å². The number of allylic oxidation sites excluding steroid dienone is 1. The van der Waals surface area contributed by atoms with Crippen molar-refractivity contribution in [3.63, 3.8) is 0 Å². The van der Waals surface area contributed by atoms with Crippen LogP contribution in [0.4, 0.5) is 0 Å². The number of thioether (sulfide) groups is 1. The molecular formula is C8H10O3S. The molecule has 0 spiro atoms. The third-order valence-corrected chi connectivity index (χ3v) is 2.39. The van der Waals surface area contributed by atoms with Crippen molar-refractivity contribution in [1.82, 2.24) is 0 Å². The Balaban J connectivity index is 2.40. The third kappa shape index (κ3) is 3.09. The standard InChI is InChI=1S/C8H10O3S/c1-6(9)11-5-8-4-7(10)2-3-12-8/h4H,2-3,5H2,1H3. The Morgan fingerprint density at radius 2 is 2.50 bits per heavy atom. The first-order valence-electron chi connectivity index (χ1n) is 3.68. The Morgan fingerprint density at radius 3 is 3.08 bits per heavy atom. The maximum absolute atomic E-state index is 10.9. The summed E-state index contributed by atoms with van der Waals surface area (Å²) in [5.74, 6) is 0.608. The Morgan fingerprint density at radius 1 is 1.75 bits per heavy atom. The third-order valence-electron chi connectivity index (χ3n) is 1.38. The molecule has 0 radical (unpaired) electrons. The molecule has 0 N–H and O–H groups in total. The molecule has 0 atom stereocenters. The summed E-state index contributed by atoms with van der Waals surface area (Å²) in [4.78, 5) is 22.2. The van der Waals surface area contributed by atoms with Gasteiger partial charge in [-0.3, -0.25) is 9.59 Å². The Bertz CT molecular complexity index is 232. The molecular weight excluding hydrogens is 176 g/mol. The minimum absolute atomic E-state index is 0.121. The molecule has 1 aliphatic heterocycles. The van der Waals surface area contributed by atoms with E-state index in [9.17, 15) is 9.59 Å². The SMILES string of the molecule is CC(=O)OCC1=CC(=O)CCS1. The van der Waals surface area contributed by atoms with E-state index in [0.717, 1.165) is 10.7 Å². The summed E-state index contributed by atoms with van der Waals surface area (Å²) in [6.45, 7) is 1.60. The highest BCUT2D eigenvalue weighted by Gasteiger charge is 2.10. The van der Waals surface area contributed by atoms with E-state index in [1.54, 1.807) is 17.8 Å². The molecule has 1 heterocycles. The van der Waals surface area contributed by atoms with Gasteiger partial charge in [0.2, 0.25) is 0 Å². The zero-order valence-electron chi connectivity index (χ0n) is 6.83. The summed E-state index contributed by atoms with van der Waals surface area (Å²) in [6.07, 6.45) is 2.14. The molecule has 0 unspecified atom stereocenters. The van der Waals surface area contributed by atoms with Crippen LogP contribution in [0.5, 0.6) is 0 Å². The summed E-state index contributed by atoms with van der Waals surface area (Å²) < 4.78 is 4.75. The topological polar surface area (TPSA) is 43.4 Å². The number of hydrogen-bond donors (Lipinski definition) is 0. The maximum Gasteiger partial charge on any atom is 0.302 e. The molecule has 0 aliphatic carbocycles. The number of rotatable bonds is 2. The normalized spacial score (nSPS) is 17.1. The van der Waals surface area contributed by atoms with Gasteiger partial charge in [0.25, 0.3) is 0 Å². The Labute approximate surface area is 75.2 Å². The van der Waals surface area contributed by atoms with Gasteiger partial charge in [-0.25, -0.2) is 0 Å². The van der Waals surface area contributed by atoms with E-state index in [1.165, 1.54) is 6.92 Å². The van der Waals surface area contributed by atoms with Crippen molar-refractivity contribution in [2.24, 2.45) is 0 Å². The van der Waals surface area contributed by atoms with Gasteiger partial charge >= 0.3 is 5.97 Å². The number of hydrogen-bond acceptors (Lipinski definition) is 4. The Hall–Kier alpha value is -0.770. The monoisotopic (exact) mass is 186 g/mol. The number of ketones is 1. The second kappa shape index (κ2) is 4.30. The van der Waals surface area contributed by atoms with Crippen molar-refractivity contribution in [3.05, 3.63) is 11.0 Å². The van der Waals surface area contributed by atoms with Crippen molar-refractivity contribution < 1.29 is 14.3 Å². The summed E-state index contributed by atoms with van der Waals surface area (Å²) in [7, 11) is 0. The zero-order chi connectivity index (χ0) is 8.97. The fourth-order valence-electron chi connectivity index (χ4n) is 0.832. The van der Waals surface area contributed by atoms with Crippen LogP contribution in [0.25, 0.3) is 0 Å². The zero-order valence-corrected chi connectivity index (χ0v) is 7.65. The summed E-state index contributed by atoms with van der Waals surface area (Å²) in [5, 5.41) is 0. The van der Waals surface area contributed by atoms with Crippen molar-refractivity contribution >= 4 is 23.5 Å². The molecule has 0 aromatic carbocycles. The van der Waals surface area contributed by atoms with Crippen LogP contribution in [0.3, 0.4) is 0 Å². The van der Waals surface area contributed by atoms with Crippen LogP contribution >= 0.6 is 11.8 Å². The highest BCUT2D eigenvalue weighted by molar-refractivity contribution is 8.03. The molecule has 1 aliphatic rings. The number of carbonyl (C=O) groups excluding carboxylic acids is 2. The summed E-state index contributed by atoms with van der Waals surface area (Å²) in [6, 6.07) is 0. The molecule has 0 amide bonds. The molecule has 0 bridgehead atoms. The number of ether oxygens (including phenoxy) is 1. The van der Waals surface area contributed by atoms with E-state index in [-0.39, 0.29) is 18.4 Å². The van der Waals surface area contributed by atoms with Crippen LogP contribution < -0.4 is 0 Å². The van der Waals surface area contributed by atoms with E-state index in [0.29, 0.717) is 6.42 Å². The van der Waals surface area contributed by atoms with Gasteiger partial charge in [-0.1, -0.05) is 0 Å². The van der Waals surface area contributed by atoms with Gasteiger partial charge in [-0.2, -0.15) is 0 Å². The van der Waals surface area contributed by atoms with Crippen LogP contribution in [-0.2, 0) is 14.3 Å². The molecule has 1 rings (SSSR count). The van der Waals surface area contributed by atoms with Gasteiger partial charge < -0.3 is 4.74 Å². The predicted octanol–water partition coefficient (Wildman–Crippen LogP) is 1.14. The number of esters is 1. The lowest BCUT2D eigenvalue weighted by atomic mass is 10.3. The molecule has 0 saturated carbocycles. The molecule has 0 aromatic rings. The van der Waals surface area contributed by atoms with Crippen molar-refractivity contribution in [3.8, 4) is 0 Å². The summed E-state index contributed by atoms with van der Waals surface area (Å²) in [5.41, 5.74) is 0. The van der Waals surface area contributed by atoms with Crippen LogP contribution in [-0.4, -0.2) is 24.1 Å². The molecule has 66 valence electrons. The molecule has 3 nitrogen and oxygen atoms in total. The second-order valence-electron chi connectivity index (χ2n) is 2.46. The average Bonchev–Trinajstić information content (AvgIpc) is 2.01. The smallest absolute Gasteiger partial charge is 0.302 e. The van der Waals surface area contributed by atoms with Crippen LogP contribution in [0.15, 0.2) is 11.0 Å². The van der Waals surface area contributed by atoms with E-state index in [1.807, 2.05) is 0 Å². The number of carbonyl (C=O) groups is 2. The van der Waals surface area contributed by atoms with Crippen LogP contribution in [0, 0.1) is 0 Å². The van der Waals surface area contributed by atoms with Gasteiger partial charge in [-0.15, -0.1) is 11.8 Å². The highest BCUT2D eigenvalue weighted by Crippen LogP contribution is 2.21. The van der Waals surface area contributed by atoms with Gasteiger partial charge in [-0.05, 0) is 6.08 Å². The first-order valence-corrected chi connectivity index (χ1v) is 4.66. The minimum atomic E-state index is -0.311. The van der Waals surface area contributed by atoms with Crippen molar-refractivity contribution in [2.45, 2.75) is 13.3 Å². The predicted molar refractivity (Wildman–Crippen MR) is 46.8 cm³/mol. The quantitative estimate of drug-likeness (QED) is 0.606. The highest BCUT2D eigenvalue weighted by atomic mass is 32.2. The fourth-order valence-corrected chi connectivity index (χ4v) is 1.75. The van der Waals surface area contributed by atoms with Gasteiger partial charge in [0, 0.05) is 24.0 Å². The van der Waals surface area contributed by atoms with Crippen molar-refractivity contribution in [2.75, 3.05) is 12.4 Å². The molecule has 0 fully saturated rings. The van der Waals surface area contributed by atoms with Crippen LogP contribution in [0.1, 0.15) is 13.3 Å².